The number of piperidine rings is 1. The third-order valence-electron chi connectivity index (χ3n) is 8.34. The predicted octanol–water partition coefficient (Wildman–Crippen LogP) is 7.40. The summed E-state index contributed by atoms with van der Waals surface area (Å²) in [5, 5.41) is 3.87. The van der Waals surface area contributed by atoms with Crippen molar-refractivity contribution in [1.82, 2.24) is 9.97 Å². The van der Waals surface area contributed by atoms with E-state index < -0.39 is 0 Å². The fourth-order valence-electron chi connectivity index (χ4n) is 5.97. The van der Waals surface area contributed by atoms with Crippen molar-refractivity contribution in [1.29, 1.82) is 0 Å². The highest BCUT2D eigenvalue weighted by molar-refractivity contribution is 6.33. The van der Waals surface area contributed by atoms with E-state index in [1.807, 2.05) is 41.3 Å². The summed E-state index contributed by atoms with van der Waals surface area (Å²) in [6.45, 7) is 8.19. The molecule has 6 rings (SSSR count). The molecule has 0 saturated carbocycles. The lowest BCUT2D eigenvalue weighted by molar-refractivity contribution is -0.114. The molecular formula is C36H37ClFN5O2. The second-order valence-corrected chi connectivity index (χ2v) is 11.9. The number of hydrogen-bond acceptors (Lipinski definition) is 7. The molecule has 2 aliphatic rings. The molecule has 4 aromatic rings. The first-order chi connectivity index (χ1) is 22.0. The second-order valence-electron chi connectivity index (χ2n) is 11.5. The molecule has 0 radical (unpaired) electrons. The van der Waals surface area contributed by atoms with Gasteiger partial charge in [0.25, 0.3) is 0 Å². The molecule has 2 saturated heterocycles. The summed E-state index contributed by atoms with van der Waals surface area (Å²) in [6.07, 6.45) is 7.36. The van der Waals surface area contributed by atoms with Gasteiger partial charge >= 0.3 is 0 Å². The number of halogens is 2. The van der Waals surface area contributed by atoms with Crippen LogP contribution in [0, 0.1) is 5.82 Å². The minimum atomic E-state index is -0.272. The number of carbonyl (C=O) groups is 1. The Labute approximate surface area is 268 Å². The number of benzene rings is 3. The molecule has 0 atom stereocenters. The zero-order valence-electron chi connectivity index (χ0n) is 25.3. The topological polar surface area (TPSA) is 70.6 Å². The van der Waals surface area contributed by atoms with Crippen molar-refractivity contribution in [2.45, 2.75) is 32.1 Å². The Kier molecular flexibility index (Phi) is 9.72. The van der Waals surface area contributed by atoms with Crippen molar-refractivity contribution in [2.24, 2.45) is 0 Å². The molecule has 2 aliphatic heterocycles. The Bertz CT molecular complexity index is 1680. The van der Waals surface area contributed by atoms with Gasteiger partial charge in [0.2, 0.25) is 5.95 Å². The molecular weight excluding hydrogens is 589 g/mol. The Balaban J connectivity index is 1.33. The third-order valence-corrected chi connectivity index (χ3v) is 8.67. The maximum absolute atomic E-state index is 15.3. The molecule has 232 valence electrons. The molecule has 0 unspecified atom stereocenters. The van der Waals surface area contributed by atoms with E-state index in [2.05, 4.69) is 33.9 Å². The normalized spacial score (nSPS) is 15.2. The standard InChI is InChI=1S/C36H37ClFN5O2/c1-2-30(44)20-26-9-11-32(37)31(21-26)35-27(19-25-10-12-34(33(38)22-25)43-15-17-45-18-16-43)24-39-36(41-35)40-28-7-6-8-29(23-28)42-13-4-3-5-14-42/h2,6-12,21-24H,1,3-5,13-20H2,(H,39,40,41). The lowest BCUT2D eigenvalue weighted by atomic mass is 9.98. The van der Waals surface area contributed by atoms with E-state index in [0.717, 1.165) is 35.5 Å². The van der Waals surface area contributed by atoms with Crippen LogP contribution < -0.4 is 15.1 Å². The number of nitrogens with zero attached hydrogens (tertiary/aromatic N) is 4. The molecule has 3 aromatic carbocycles. The second kappa shape index (κ2) is 14.2. The Morgan fingerprint density at radius 2 is 1.78 bits per heavy atom. The number of anilines is 4. The van der Waals surface area contributed by atoms with Gasteiger partial charge in [0.1, 0.15) is 5.82 Å². The highest BCUT2D eigenvalue weighted by Gasteiger charge is 2.19. The molecule has 3 heterocycles. The molecule has 1 aromatic heterocycles. The van der Waals surface area contributed by atoms with Crippen LogP contribution in [0.1, 0.15) is 36.0 Å². The average Bonchev–Trinajstić information content (AvgIpc) is 3.07. The summed E-state index contributed by atoms with van der Waals surface area (Å²) in [4.78, 5) is 26.2. The molecule has 0 amide bonds. The summed E-state index contributed by atoms with van der Waals surface area (Å²) in [6, 6.07) is 19.1. The average molecular weight is 626 g/mol. The first-order valence-electron chi connectivity index (χ1n) is 15.5. The van der Waals surface area contributed by atoms with Crippen molar-refractivity contribution in [3.63, 3.8) is 0 Å². The molecule has 9 heteroatoms. The summed E-state index contributed by atoms with van der Waals surface area (Å²) in [7, 11) is 0. The van der Waals surface area contributed by atoms with E-state index in [-0.39, 0.29) is 18.0 Å². The molecule has 7 nitrogen and oxygen atoms in total. The van der Waals surface area contributed by atoms with E-state index in [1.165, 1.54) is 31.0 Å². The van der Waals surface area contributed by atoms with Gasteiger partial charge in [-0.05, 0) is 78.9 Å². The fraction of sp³-hybridized carbons (Fsp3) is 0.306. The van der Waals surface area contributed by atoms with Crippen LogP contribution in [0.5, 0.6) is 0 Å². The number of ether oxygens (including phenoxy) is 1. The third kappa shape index (κ3) is 7.52. The van der Waals surface area contributed by atoms with Crippen molar-refractivity contribution in [3.05, 3.63) is 107 Å². The van der Waals surface area contributed by atoms with Gasteiger partial charge in [-0.25, -0.2) is 14.4 Å². The van der Waals surface area contributed by atoms with Crippen LogP contribution in [0.25, 0.3) is 11.3 Å². The van der Waals surface area contributed by atoms with Gasteiger partial charge in [-0.15, -0.1) is 0 Å². The lowest BCUT2D eigenvalue weighted by Gasteiger charge is -2.29. The first-order valence-corrected chi connectivity index (χ1v) is 15.9. The minimum Gasteiger partial charge on any atom is -0.378 e. The van der Waals surface area contributed by atoms with E-state index in [4.69, 9.17) is 21.3 Å². The van der Waals surface area contributed by atoms with Gasteiger partial charge in [-0.1, -0.05) is 36.4 Å². The number of ketones is 1. The summed E-state index contributed by atoms with van der Waals surface area (Å²) in [5.41, 5.74) is 6.31. The van der Waals surface area contributed by atoms with E-state index in [0.29, 0.717) is 60.6 Å². The Morgan fingerprint density at radius 1 is 0.978 bits per heavy atom. The number of aromatic nitrogens is 2. The first kappa shape index (κ1) is 30.7. The molecule has 0 aliphatic carbocycles. The fourth-order valence-corrected chi connectivity index (χ4v) is 6.18. The van der Waals surface area contributed by atoms with Crippen LogP contribution in [0.3, 0.4) is 0 Å². The van der Waals surface area contributed by atoms with Gasteiger partial charge in [0, 0.05) is 72.7 Å². The van der Waals surface area contributed by atoms with Crippen LogP contribution in [-0.2, 0) is 22.4 Å². The van der Waals surface area contributed by atoms with Crippen molar-refractivity contribution in [2.75, 3.05) is 54.5 Å². The summed E-state index contributed by atoms with van der Waals surface area (Å²) < 4.78 is 20.7. The molecule has 0 spiro atoms. The summed E-state index contributed by atoms with van der Waals surface area (Å²) >= 11 is 6.76. The van der Waals surface area contributed by atoms with E-state index in [1.54, 1.807) is 18.3 Å². The highest BCUT2D eigenvalue weighted by atomic mass is 35.5. The van der Waals surface area contributed by atoms with Crippen LogP contribution in [0.15, 0.2) is 79.5 Å². The number of rotatable bonds is 10. The predicted molar refractivity (Wildman–Crippen MR) is 179 cm³/mol. The molecule has 1 N–H and O–H groups in total. The molecule has 45 heavy (non-hydrogen) atoms. The molecule has 0 bridgehead atoms. The van der Waals surface area contributed by atoms with Crippen LogP contribution >= 0.6 is 11.6 Å². The maximum Gasteiger partial charge on any atom is 0.227 e. The van der Waals surface area contributed by atoms with Crippen LogP contribution in [-0.4, -0.2) is 55.1 Å². The number of allylic oxidation sites excluding steroid dienone is 1. The summed E-state index contributed by atoms with van der Waals surface area (Å²) in [5.74, 6) is 0.0618. The van der Waals surface area contributed by atoms with Gasteiger partial charge in [-0.3, -0.25) is 4.79 Å². The quantitative estimate of drug-likeness (QED) is 0.184. The zero-order chi connectivity index (χ0) is 31.2. The zero-order valence-corrected chi connectivity index (χ0v) is 26.0. The monoisotopic (exact) mass is 625 g/mol. The lowest BCUT2D eigenvalue weighted by Crippen LogP contribution is -2.36. The van der Waals surface area contributed by atoms with Crippen LogP contribution in [0.4, 0.5) is 27.4 Å². The largest absolute Gasteiger partial charge is 0.378 e. The number of carbonyl (C=O) groups excluding carboxylic acids is 1. The van der Waals surface area contributed by atoms with Crippen molar-refractivity contribution in [3.8, 4) is 11.3 Å². The molecule has 2 fully saturated rings. The highest BCUT2D eigenvalue weighted by Crippen LogP contribution is 2.33. The van der Waals surface area contributed by atoms with Crippen molar-refractivity contribution < 1.29 is 13.9 Å². The number of hydrogen-bond donors (Lipinski definition) is 1. The van der Waals surface area contributed by atoms with Gasteiger partial charge in [0.15, 0.2) is 5.78 Å². The minimum absolute atomic E-state index is 0.0852. The van der Waals surface area contributed by atoms with Crippen molar-refractivity contribution >= 4 is 40.4 Å². The van der Waals surface area contributed by atoms with Gasteiger partial charge in [-0.2, -0.15) is 0 Å². The van der Waals surface area contributed by atoms with Gasteiger partial charge < -0.3 is 19.9 Å². The van der Waals surface area contributed by atoms with Gasteiger partial charge in [0.05, 0.1) is 24.6 Å². The van der Waals surface area contributed by atoms with E-state index >= 15 is 4.39 Å². The van der Waals surface area contributed by atoms with Crippen LogP contribution in [0.2, 0.25) is 5.02 Å². The smallest absolute Gasteiger partial charge is 0.227 e. The van der Waals surface area contributed by atoms with E-state index in [9.17, 15) is 4.79 Å². The SMILES string of the molecule is C=CC(=O)Cc1ccc(Cl)c(-c2nc(Nc3cccc(N4CCCCC4)c3)ncc2Cc2ccc(N3CCOCC3)c(F)c2)c1. The number of nitrogens with one attached hydrogen (secondary N) is 1. The number of morpholine rings is 1. The maximum atomic E-state index is 15.3. The Morgan fingerprint density at radius 3 is 2.56 bits per heavy atom. The Hall–Kier alpha value is -4.27.